The lowest BCUT2D eigenvalue weighted by atomic mass is 9.79. The van der Waals surface area contributed by atoms with Crippen molar-refractivity contribution in [3.8, 4) is 0 Å². The van der Waals surface area contributed by atoms with Gasteiger partial charge in [0.1, 0.15) is 0 Å². The molecule has 0 amide bonds. The Balaban J connectivity index is 1.80. The van der Waals surface area contributed by atoms with E-state index in [1.165, 1.54) is 51.9 Å². The smallest absolute Gasteiger partial charge is 0.0472 e. The number of ether oxygens (including phenoxy) is 1. The number of piperidine rings is 1. The third-order valence-corrected chi connectivity index (χ3v) is 5.12. The molecule has 0 aliphatic carbocycles. The van der Waals surface area contributed by atoms with Crippen molar-refractivity contribution in [2.24, 2.45) is 11.3 Å². The number of hydrogen-bond donors (Lipinski definition) is 1. The molecule has 2 heterocycles. The fourth-order valence-electron chi connectivity index (χ4n) is 3.89. The van der Waals surface area contributed by atoms with Crippen LogP contribution in [-0.2, 0) is 4.74 Å². The summed E-state index contributed by atoms with van der Waals surface area (Å²) in [6, 6.07) is 0. The first kappa shape index (κ1) is 16.2. The van der Waals surface area contributed by atoms with Gasteiger partial charge in [0, 0.05) is 32.8 Å². The molecule has 2 aliphatic rings. The van der Waals surface area contributed by atoms with E-state index in [9.17, 15) is 0 Å². The largest absolute Gasteiger partial charge is 0.381 e. The first-order valence-electron chi connectivity index (χ1n) is 8.23. The molecule has 2 rings (SSSR count). The maximum absolute atomic E-state index is 5.56. The standard InChI is InChI=1S/C16H33N3O/c1-17-13-16(6-10-20-11-7-16)14-19(3)12-15-4-8-18(2)9-5-15/h15,17H,4-14H2,1-3H3. The van der Waals surface area contributed by atoms with Crippen LogP contribution in [0.2, 0.25) is 0 Å². The van der Waals surface area contributed by atoms with Crippen LogP contribution in [0.15, 0.2) is 0 Å². The highest BCUT2D eigenvalue weighted by Gasteiger charge is 2.33. The molecule has 1 N–H and O–H groups in total. The SMILES string of the molecule is CNCC1(CN(C)CC2CCN(C)CC2)CCOCC1. The molecule has 0 spiro atoms. The number of hydrogen-bond acceptors (Lipinski definition) is 4. The lowest BCUT2D eigenvalue weighted by molar-refractivity contribution is -0.00274. The second-order valence-corrected chi connectivity index (χ2v) is 7.09. The molecule has 0 unspecified atom stereocenters. The minimum Gasteiger partial charge on any atom is -0.381 e. The summed E-state index contributed by atoms with van der Waals surface area (Å²) in [6.07, 6.45) is 5.13. The summed E-state index contributed by atoms with van der Waals surface area (Å²) < 4.78 is 5.56. The van der Waals surface area contributed by atoms with E-state index in [0.717, 1.165) is 25.7 Å². The number of likely N-dealkylation sites (tertiary alicyclic amines) is 1. The highest BCUT2D eigenvalue weighted by Crippen LogP contribution is 2.31. The van der Waals surface area contributed by atoms with E-state index in [1.807, 2.05) is 0 Å². The Hall–Kier alpha value is -0.160. The van der Waals surface area contributed by atoms with Crippen molar-refractivity contribution in [3.63, 3.8) is 0 Å². The topological polar surface area (TPSA) is 27.7 Å². The van der Waals surface area contributed by atoms with Gasteiger partial charge in [-0.3, -0.25) is 0 Å². The molecule has 4 heteroatoms. The minimum absolute atomic E-state index is 0.424. The molecule has 20 heavy (non-hydrogen) atoms. The highest BCUT2D eigenvalue weighted by atomic mass is 16.5. The van der Waals surface area contributed by atoms with Gasteiger partial charge in [0.05, 0.1) is 0 Å². The van der Waals surface area contributed by atoms with E-state index in [4.69, 9.17) is 4.74 Å². The molecule has 0 aromatic heterocycles. The summed E-state index contributed by atoms with van der Waals surface area (Å²) in [5.41, 5.74) is 0.424. The third-order valence-electron chi connectivity index (χ3n) is 5.12. The Labute approximate surface area is 124 Å². The molecule has 0 aromatic carbocycles. The van der Waals surface area contributed by atoms with Crippen molar-refractivity contribution < 1.29 is 4.74 Å². The van der Waals surface area contributed by atoms with Gasteiger partial charge in [-0.25, -0.2) is 0 Å². The monoisotopic (exact) mass is 283 g/mol. The van der Waals surface area contributed by atoms with Gasteiger partial charge >= 0.3 is 0 Å². The van der Waals surface area contributed by atoms with E-state index in [0.29, 0.717) is 5.41 Å². The fourth-order valence-corrected chi connectivity index (χ4v) is 3.89. The molecular formula is C16H33N3O. The van der Waals surface area contributed by atoms with Crippen molar-refractivity contribution in [2.45, 2.75) is 25.7 Å². The third kappa shape index (κ3) is 4.69. The van der Waals surface area contributed by atoms with Gasteiger partial charge in [-0.05, 0) is 71.2 Å². The molecule has 0 radical (unpaired) electrons. The van der Waals surface area contributed by atoms with E-state index < -0.39 is 0 Å². The lowest BCUT2D eigenvalue weighted by Gasteiger charge is -2.41. The maximum Gasteiger partial charge on any atom is 0.0472 e. The van der Waals surface area contributed by atoms with Crippen molar-refractivity contribution in [2.75, 3.05) is 67.1 Å². The fraction of sp³-hybridized carbons (Fsp3) is 1.00. The van der Waals surface area contributed by atoms with E-state index >= 15 is 0 Å². The van der Waals surface area contributed by atoms with Crippen LogP contribution in [-0.4, -0.2) is 76.9 Å². The van der Waals surface area contributed by atoms with Gasteiger partial charge < -0.3 is 19.9 Å². The van der Waals surface area contributed by atoms with Crippen LogP contribution >= 0.6 is 0 Å². The molecule has 4 nitrogen and oxygen atoms in total. The van der Waals surface area contributed by atoms with Crippen LogP contribution in [0.5, 0.6) is 0 Å². The average molecular weight is 283 g/mol. The van der Waals surface area contributed by atoms with Gasteiger partial charge in [0.15, 0.2) is 0 Å². The zero-order chi connectivity index (χ0) is 14.4. The van der Waals surface area contributed by atoms with Crippen LogP contribution in [0.25, 0.3) is 0 Å². The predicted octanol–water partition coefficient (Wildman–Crippen LogP) is 1.28. The van der Waals surface area contributed by atoms with Gasteiger partial charge in [-0.15, -0.1) is 0 Å². The summed E-state index contributed by atoms with van der Waals surface area (Å²) in [6.45, 7) is 8.01. The molecule has 2 fully saturated rings. The average Bonchev–Trinajstić information content (AvgIpc) is 2.42. The Morgan fingerprint density at radius 1 is 1.25 bits per heavy atom. The second-order valence-electron chi connectivity index (χ2n) is 7.09. The molecule has 0 aromatic rings. The number of nitrogens with one attached hydrogen (secondary N) is 1. The lowest BCUT2D eigenvalue weighted by Crippen LogP contribution is -2.47. The van der Waals surface area contributed by atoms with Gasteiger partial charge in [0.2, 0.25) is 0 Å². The Morgan fingerprint density at radius 3 is 2.50 bits per heavy atom. The zero-order valence-corrected chi connectivity index (χ0v) is 13.7. The normalized spacial score (nSPS) is 25.2. The summed E-state index contributed by atoms with van der Waals surface area (Å²) in [5, 5.41) is 3.40. The summed E-state index contributed by atoms with van der Waals surface area (Å²) in [5.74, 6) is 0.891. The molecule has 118 valence electrons. The first-order chi connectivity index (χ1) is 9.63. The molecule has 0 saturated carbocycles. The van der Waals surface area contributed by atoms with Gasteiger partial charge in [-0.1, -0.05) is 0 Å². The molecule has 2 saturated heterocycles. The van der Waals surface area contributed by atoms with E-state index in [1.54, 1.807) is 0 Å². The maximum atomic E-state index is 5.56. The predicted molar refractivity (Wildman–Crippen MR) is 84.1 cm³/mol. The van der Waals surface area contributed by atoms with Crippen LogP contribution in [0.1, 0.15) is 25.7 Å². The van der Waals surface area contributed by atoms with Crippen molar-refractivity contribution in [3.05, 3.63) is 0 Å². The highest BCUT2D eigenvalue weighted by molar-refractivity contribution is 4.87. The molecule has 0 atom stereocenters. The van der Waals surface area contributed by atoms with Crippen LogP contribution in [0.4, 0.5) is 0 Å². The Morgan fingerprint density at radius 2 is 1.90 bits per heavy atom. The van der Waals surface area contributed by atoms with Crippen molar-refractivity contribution in [1.29, 1.82) is 0 Å². The van der Waals surface area contributed by atoms with Crippen LogP contribution in [0.3, 0.4) is 0 Å². The van der Waals surface area contributed by atoms with Crippen molar-refractivity contribution in [1.82, 2.24) is 15.1 Å². The Kier molecular flexibility index (Phi) is 6.27. The summed E-state index contributed by atoms with van der Waals surface area (Å²) >= 11 is 0. The van der Waals surface area contributed by atoms with Crippen molar-refractivity contribution >= 4 is 0 Å². The van der Waals surface area contributed by atoms with Gasteiger partial charge in [0.25, 0.3) is 0 Å². The minimum atomic E-state index is 0.424. The number of nitrogens with zero attached hydrogens (tertiary/aromatic N) is 2. The van der Waals surface area contributed by atoms with Crippen LogP contribution in [0, 0.1) is 11.3 Å². The zero-order valence-electron chi connectivity index (χ0n) is 13.7. The summed E-state index contributed by atoms with van der Waals surface area (Å²) in [7, 11) is 6.63. The van der Waals surface area contributed by atoms with Gasteiger partial charge in [-0.2, -0.15) is 0 Å². The molecule has 0 bridgehead atoms. The second kappa shape index (κ2) is 7.74. The molecular weight excluding hydrogens is 250 g/mol. The quantitative estimate of drug-likeness (QED) is 0.795. The van der Waals surface area contributed by atoms with E-state index in [-0.39, 0.29) is 0 Å². The summed E-state index contributed by atoms with van der Waals surface area (Å²) in [4.78, 5) is 5.04. The van der Waals surface area contributed by atoms with E-state index in [2.05, 4.69) is 36.3 Å². The Bertz CT molecular complexity index is 265. The first-order valence-corrected chi connectivity index (χ1v) is 8.23. The molecule has 2 aliphatic heterocycles. The van der Waals surface area contributed by atoms with Crippen LogP contribution < -0.4 is 5.32 Å². The number of rotatable bonds is 6.